The molecule has 4 aromatic carbocycles. The summed E-state index contributed by atoms with van der Waals surface area (Å²) in [7, 11) is 4.35. The molecule has 0 radical (unpaired) electrons. The monoisotopic (exact) mass is 1720 g/mol. The second-order valence-corrected chi connectivity index (χ2v) is 30.7. The van der Waals surface area contributed by atoms with Gasteiger partial charge in [-0.2, -0.15) is 0 Å². The summed E-state index contributed by atoms with van der Waals surface area (Å²) >= 11 is 0. The highest BCUT2D eigenvalue weighted by Gasteiger charge is 2.34. The molecule has 0 bridgehead atoms. The summed E-state index contributed by atoms with van der Waals surface area (Å²) in [5.74, 6) is -13.9. The van der Waals surface area contributed by atoms with Crippen LogP contribution in [0.1, 0.15) is 47.8 Å². The number of carbonyl (C=O) groups is 15. The number of carbonyl (C=O) groups excluding carboxylic acids is 6. The third kappa shape index (κ3) is 33.0. The number of rotatable bonds is 33. The number of amides is 6. The molecule has 0 aromatic heterocycles. The van der Waals surface area contributed by atoms with Gasteiger partial charge in [0.1, 0.15) is 0 Å². The van der Waals surface area contributed by atoms with Gasteiger partial charge in [-0.25, -0.2) is 0 Å². The molecule has 3 fully saturated rings. The smallest absolute Gasteiger partial charge is 0.317 e. The summed E-state index contributed by atoms with van der Waals surface area (Å²) in [6.07, 6.45) is 0. The number of nitrogens with one attached hydrogen (secondary N) is 3. The van der Waals surface area contributed by atoms with E-state index >= 15 is 14.4 Å². The van der Waals surface area contributed by atoms with E-state index in [1.165, 1.54) is 54.0 Å². The van der Waals surface area contributed by atoms with E-state index < -0.39 is 89.2 Å². The molecule has 42 nitrogen and oxygen atoms in total. The number of aliphatic carboxylic acids is 9. The number of nitrogens with zero attached hydrogens (tertiary/aromatic N) is 15. The molecule has 6 amide bonds. The van der Waals surface area contributed by atoms with Gasteiger partial charge < -0.3 is 76.6 Å². The molecule has 123 heavy (non-hydrogen) atoms. The van der Waals surface area contributed by atoms with Gasteiger partial charge in [0, 0.05) is 229 Å². The van der Waals surface area contributed by atoms with Gasteiger partial charge in [-0.3, -0.25) is 131 Å². The van der Waals surface area contributed by atoms with Gasteiger partial charge in [-0.15, -0.1) is 0 Å². The Bertz CT molecular complexity index is 3890. The molecular weight excluding hydrogens is 1610 g/mol. The fourth-order valence-electron chi connectivity index (χ4n) is 15.0. The van der Waals surface area contributed by atoms with Crippen molar-refractivity contribution in [2.75, 3.05) is 287 Å². The fraction of sp³-hybridized carbons (Fsp3) is 0.519. The van der Waals surface area contributed by atoms with Crippen molar-refractivity contribution in [1.82, 2.24) is 58.8 Å². The average molecular weight is 1720 g/mol. The van der Waals surface area contributed by atoms with E-state index in [4.69, 9.17) is 0 Å². The lowest BCUT2D eigenvalue weighted by Crippen LogP contribution is -2.49. The minimum Gasteiger partial charge on any atom is -0.480 e. The van der Waals surface area contributed by atoms with Crippen molar-refractivity contribution < 1.29 is 118 Å². The van der Waals surface area contributed by atoms with E-state index in [-0.39, 0.29) is 303 Å². The molecule has 4 aromatic rings. The summed E-state index contributed by atoms with van der Waals surface area (Å²) in [5.41, 5.74) is 1.54. The highest BCUT2D eigenvalue weighted by Crippen LogP contribution is 2.34. The van der Waals surface area contributed by atoms with Crippen molar-refractivity contribution in [3.05, 3.63) is 106 Å². The first kappa shape index (κ1) is 98.6. The number of hydrogen-bond donors (Lipinski definition) is 12. The van der Waals surface area contributed by atoms with Crippen molar-refractivity contribution in [3.8, 4) is 0 Å². The first-order chi connectivity index (χ1) is 58.3. The largest absolute Gasteiger partial charge is 0.480 e. The van der Waals surface area contributed by atoms with Crippen molar-refractivity contribution in [3.63, 3.8) is 0 Å². The summed E-state index contributed by atoms with van der Waals surface area (Å²) in [5, 5.41) is 96.2. The Hall–Kier alpha value is -11.5. The Labute approximate surface area is 711 Å². The molecule has 3 heterocycles. The maximum Gasteiger partial charge on any atom is 0.317 e. The molecule has 3 saturated heterocycles. The van der Waals surface area contributed by atoms with Crippen molar-refractivity contribution in [2.24, 2.45) is 0 Å². The fourth-order valence-corrected chi connectivity index (χ4v) is 15.0. The van der Waals surface area contributed by atoms with Gasteiger partial charge in [0.2, 0.25) is 17.7 Å². The Morgan fingerprint density at radius 2 is 0.382 bits per heavy atom. The van der Waals surface area contributed by atoms with Gasteiger partial charge >= 0.3 is 53.7 Å². The maximum atomic E-state index is 15.7. The molecule has 42 heteroatoms. The maximum absolute atomic E-state index is 15.7. The minimum absolute atomic E-state index is 0.0788. The number of anilines is 6. The van der Waals surface area contributed by atoms with Crippen LogP contribution >= 0.6 is 0 Å². The van der Waals surface area contributed by atoms with Gasteiger partial charge in [0.25, 0.3) is 17.7 Å². The van der Waals surface area contributed by atoms with Gasteiger partial charge in [0.15, 0.2) is 0 Å². The third-order valence-electron chi connectivity index (χ3n) is 21.5. The quantitative estimate of drug-likeness (QED) is 0.0263. The molecule has 3 aliphatic rings. The Morgan fingerprint density at radius 1 is 0.244 bits per heavy atom. The second kappa shape index (κ2) is 48.3. The Morgan fingerprint density at radius 3 is 0.520 bits per heavy atom. The normalized spacial score (nSPS) is 17.0. The average Bonchev–Trinajstić information content (AvgIpc) is 0.745. The molecule has 0 aliphatic carbocycles. The van der Waals surface area contributed by atoms with E-state index in [0.717, 1.165) is 0 Å². The predicted molar refractivity (Wildman–Crippen MR) is 450 cm³/mol. The van der Waals surface area contributed by atoms with Crippen LogP contribution < -0.4 is 30.7 Å². The molecule has 12 N–H and O–H groups in total. The SMILES string of the molecule is Cc1c(C(=O)N(C)c2cccc(NC(=O)CN3CCN(CC(=O)O)CCN(CC(=O)O)CCN(CC(=O)O)CC3)c2)c(C)c(C(=O)N(C)c2cccc(NC(=O)CN3CCN(CC(=O)O)CCN(CC(=O)O)CCN(CC(=O)O)CC3)c2)c(C)c1C(=O)N(C)c1cccc(NC(=O)CN2CCN(CC(=O)O)CCN(CC(=O)O)CCN(CC(=O)O)CC2)c1. The van der Waals surface area contributed by atoms with Crippen LogP contribution in [0.15, 0.2) is 72.8 Å². The van der Waals surface area contributed by atoms with E-state index in [0.29, 0.717) is 0 Å². The number of carboxylic acid groups (broad SMARTS) is 9. The first-order valence-electron chi connectivity index (χ1n) is 40.1. The van der Waals surface area contributed by atoms with Gasteiger partial charge in [-0.1, -0.05) is 18.2 Å². The summed E-state index contributed by atoms with van der Waals surface area (Å²) in [6, 6.07) is 18.8. The van der Waals surface area contributed by atoms with Gasteiger partial charge in [-0.05, 0) is 92.1 Å². The molecule has 7 rings (SSSR count). The first-order valence-corrected chi connectivity index (χ1v) is 40.1. The molecule has 0 atom stereocenters. The number of carboxylic acids is 9. The highest BCUT2D eigenvalue weighted by molar-refractivity contribution is 6.18. The van der Waals surface area contributed by atoms with E-state index in [9.17, 15) is 103 Å². The summed E-state index contributed by atoms with van der Waals surface area (Å²) in [6.45, 7) is 4.12. The Kier molecular flexibility index (Phi) is 38.7. The lowest BCUT2D eigenvalue weighted by atomic mass is 9.86. The summed E-state index contributed by atoms with van der Waals surface area (Å²) < 4.78 is 0. The van der Waals surface area contributed by atoms with Gasteiger partial charge in [0.05, 0.1) is 78.5 Å². The zero-order valence-corrected chi connectivity index (χ0v) is 70.2. The lowest BCUT2D eigenvalue weighted by Gasteiger charge is -2.32. The number of hydrogen-bond acceptors (Lipinski definition) is 27. The zero-order chi connectivity index (χ0) is 90.3. The van der Waals surface area contributed by atoms with Crippen LogP contribution in [0, 0.1) is 20.8 Å². The van der Waals surface area contributed by atoms with Crippen molar-refractivity contribution >= 4 is 123 Å². The number of benzene rings is 4. The van der Waals surface area contributed by atoms with E-state index in [2.05, 4.69) is 16.0 Å². The minimum atomic E-state index is -1.13. The molecule has 0 unspecified atom stereocenters. The van der Waals surface area contributed by atoms with E-state index in [1.807, 2.05) is 0 Å². The zero-order valence-electron chi connectivity index (χ0n) is 70.2. The topological polar surface area (TPSA) is 523 Å². The highest BCUT2D eigenvalue weighted by atomic mass is 16.4. The van der Waals surface area contributed by atoms with E-state index in [1.54, 1.807) is 134 Å². The van der Waals surface area contributed by atoms with Crippen LogP contribution in [-0.2, 0) is 57.5 Å². The van der Waals surface area contributed by atoms with Crippen LogP contribution in [-0.4, -0.2) is 451 Å². The van der Waals surface area contributed by atoms with Crippen LogP contribution in [0.5, 0.6) is 0 Å². The van der Waals surface area contributed by atoms with Crippen LogP contribution in [0.4, 0.5) is 34.1 Å². The lowest BCUT2D eigenvalue weighted by molar-refractivity contribution is -0.140. The molecule has 672 valence electrons. The van der Waals surface area contributed by atoms with Crippen molar-refractivity contribution in [2.45, 2.75) is 20.8 Å². The standard InChI is InChI=1S/C81H114N18O24/c1-55-76(79(121)85(4)61-13-7-10-58(40-61)82-64(100)43-88-16-22-91(46-67(103)104)28-34-97(52-73(115)116)35-29-92(23-17-88)47-68(105)106)56(2)78(81(123)87(6)63-15-9-12-60(42-63)84-66(102)45-90-20-26-95(50-71(111)112)32-38-99(54-75(119)120)39-33-96(27-21-90)51-72(113)114)57(3)77(55)80(122)86(5)62-14-8-11-59(41-62)83-65(101)44-89-18-24-93(48-69(107)108)30-36-98(53-74(117)118)37-31-94(25-19-89)49-70(109)110/h7-15,40-42H,16-39,43-54H2,1-6H3,(H,82,100)(H,83,101)(H,84,102)(H,103,104)(H,105,106)(H,107,108)(H,109,110)(H,111,112)(H,113,114)(H,115,116)(H,117,118)(H,119,120). The molecule has 3 aliphatic heterocycles. The van der Waals surface area contributed by atoms with Crippen LogP contribution in [0.3, 0.4) is 0 Å². The molecule has 0 spiro atoms. The summed E-state index contributed by atoms with van der Waals surface area (Å²) in [4.78, 5) is 220. The van der Waals surface area contributed by atoms with Crippen LogP contribution in [0.25, 0.3) is 0 Å². The molecule has 0 saturated carbocycles. The molecular formula is C81H114N18O24. The van der Waals surface area contributed by atoms with Crippen molar-refractivity contribution in [1.29, 1.82) is 0 Å². The predicted octanol–water partition coefficient (Wildman–Crippen LogP) is -1.32. The van der Waals surface area contributed by atoms with Crippen LogP contribution in [0.2, 0.25) is 0 Å². The Balaban J connectivity index is 1.20. The second-order valence-electron chi connectivity index (χ2n) is 30.7. The third-order valence-corrected chi connectivity index (χ3v) is 21.5.